The molecule has 0 aliphatic carbocycles. The molecule has 0 amide bonds. The van der Waals surface area contributed by atoms with E-state index < -0.39 is 65.5 Å². The fraction of sp³-hybridized carbons (Fsp3) is 0.442. The maximum absolute atomic E-state index is 13.3. The number of ether oxygens (including phenoxy) is 3. The number of aromatic nitrogens is 2. The topological polar surface area (TPSA) is 195 Å². The van der Waals surface area contributed by atoms with E-state index in [-0.39, 0.29) is 42.4 Å². The maximum atomic E-state index is 13.3. The Morgan fingerprint density at radius 1 is 0.732 bits per heavy atom. The Labute approximate surface area is 328 Å². The molecule has 13 heteroatoms. The van der Waals surface area contributed by atoms with Crippen molar-refractivity contribution in [3.8, 4) is 0 Å². The number of methoxy groups -OCH3 is 1. The number of oxazole rings is 2. The van der Waals surface area contributed by atoms with Crippen molar-refractivity contribution in [3.63, 3.8) is 0 Å². The Hall–Kier alpha value is -4.92. The summed E-state index contributed by atoms with van der Waals surface area (Å²) in [6, 6.07) is 0. The van der Waals surface area contributed by atoms with Gasteiger partial charge in [0.2, 0.25) is 5.89 Å². The van der Waals surface area contributed by atoms with E-state index in [0.29, 0.717) is 0 Å². The molecule has 3 heterocycles. The summed E-state index contributed by atoms with van der Waals surface area (Å²) in [6.45, 7) is 10.7. The second kappa shape index (κ2) is 22.0. The zero-order valence-corrected chi connectivity index (χ0v) is 33.1. The van der Waals surface area contributed by atoms with Crippen LogP contribution in [0.4, 0.5) is 0 Å². The third kappa shape index (κ3) is 13.4. The van der Waals surface area contributed by atoms with Crippen LogP contribution < -0.4 is 0 Å². The molecule has 7 atom stereocenters. The highest BCUT2D eigenvalue weighted by Crippen LogP contribution is 2.33. The molecular weight excluding hydrogens is 720 g/mol. The first kappa shape index (κ1) is 45.5. The number of allylic oxidation sites excluding steroid dienone is 8. The SMILES string of the molecule is C/C=C/C(O)C(C)(C)C1C/C=C\C=C/C=CC(OC)Cc2nc(co2)C(=O)OC(C(C)(C)C(O)/C=C/C)C/C=C\C(O)C(O)/C=C\C=Cc2nc(co2)C(=O)O1. The number of rotatable bonds is 7. The monoisotopic (exact) mass is 776 g/mol. The zero-order chi connectivity index (χ0) is 41.3. The minimum Gasteiger partial charge on any atom is -0.457 e. The average molecular weight is 777 g/mol. The van der Waals surface area contributed by atoms with Crippen LogP contribution in [0.1, 0.15) is 87.1 Å². The summed E-state index contributed by atoms with van der Waals surface area (Å²) >= 11 is 0. The summed E-state index contributed by atoms with van der Waals surface area (Å²) in [5, 5.41) is 42.9. The maximum Gasteiger partial charge on any atom is 0.360 e. The molecule has 0 aromatic carbocycles. The number of carbonyl (C=O) groups is 2. The lowest BCUT2D eigenvalue weighted by Crippen LogP contribution is -2.42. The van der Waals surface area contributed by atoms with Gasteiger partial charge in [-0.1, -0.05) is 119 Å². The largest absolute Gasteiger partial charge is 0.457 e. The Balaban J connectivity index is 1.93. The van der Waals surface area contributed by atoms with E-state index in [9.17, 15) is 30.0 Å². The molecule has 1 aliphatic heterocycles. The van der Waals surface area contributed by atoms with Gasteiger partial charge in [-0.25, -0.2) is 19.6 Å². The Kier molecular flexibility index (Phi) is 17.8. The van der Waals surface area contributed by atoms with E-state index in [0.717, 1.165) is 0 Å². The number of cyclic esters (lactones) is 2. The zero-order valence-electron chi connectivity index (χ0n) is 33.1. The Morgan fingerprint density at radius 2 is 1.27 bits per heavy atom. The van der Waals surface area contributed by atoms with Gasteiger partial charge < -0.3 is 43.5 Å². The molecule has 304 valence electrons. The van der Waals surface area contributed by atoms with Gasteiger partial charge in [-0.05, 0) is 13.8 Å². The predicted octanol–water partition coefficient (Wildman–Crippen LogP) is 6.21. The van der Waals surface area contributed by atoms with Gasteiger partial charge in [-0.2, -0.15) is 0 Å². The summed E-state index contributed by atoms with van der Waals surface area (Å²) in [7, 11) is 1.53. The molecule has 1 aliphatic rings. The van der Waals surface area contributed by atoms with Gasteiger partial charge >= 0.3 is 11.9 Å². The fourth-order valence-corrected chi connectivity index (χ4v) is 5.47. The van der Waals surface area contributed by atoms with Gasteiger partial charge in [0.05, 0.1) is 24.7 Å². The summed E-state index contributed by atoms with van der Waals surface area (Å²) in [5.74, 6) is -1.15. The first-order valence-electron chi connectivity index (χ1n) is 18.5. The van der Waals surface area contributed by atoms with Crippen LogP contribution >= 0.6 is 0 Å². The molecule has 13 nitrogen and oxygen atoms in total. The van der Waals surface area contributed by atoms with Crippen LogP contribution in [0.25, 0.3) is 6.08 Å². The van der Waals surface area contributed by atoms with E-state index in [4.69, 9.17) is 23.0 Å². The third-order valence-corrected chi connectivity index (χ3v) is 9.44. The summed E-state index contributed by atoms with van der Waals surface area (Å²) < 4.78 is 28.3. The summed E-state index contributed by atoms with van der Waals surface area (Å²) in [6.07, 6.45) is 22.5. The number of aliphatic hydroxyl groups excluding tert-OH is 4. The van der Waals surface area contributed by atoms with Gasteiger partial charge in [0, 0.05) is 36.9 Å². The molecule has 0 spiro atoms. The smallest absolute Gasteiger partial charge is 0.360 e. The van der Waals surface area contributed by atoms with Crippen molar-refractivity contribution in [3.05, 3.63) is 127 Å². The molecule has 56 heavy (non-hydrogen) atoms. The van der Waals surface area contributed by atoms with Crippen LogP contribution in [0.5, 0.6) is 0 Å². The van der Waals surface area contributed by atoms with Crippen LogP contribution in [0.15, 0.2) is 113 Å². The van der Waals surface area contributed by atoms with Crippen molar-refractivity contribution in [2.75, 3.05) is 7.11 Å². The van der Waals surface area contributed by atoms with E-state index in [1.165, 1.54) is 50.0 Å². The highest BCUT2D eigenvalue weighted by Gasteiger charge is 2.39. The number of nitrogens with zero attached hydrogens (tertiary/aromatic N) is 2. The van der Waals surface area contributed by atoms with Crippen molar-refractivity contribution in [2.45, 2.75) is 104 Å². The van der Waals surface area contributed by atoms with Gasteiger partial charge in [0.25, 0.3) is 0 Å². The van der Waals surface area contributed by atoms with Crippen molar-refractivity contribution in [1.82, 2.24) is 9.97 Å². The lowest BCUT2D eigenvalue weighted by Gasteiger charge is -2.36. The predicted molar refractivity (Wildman–Crippen MR) is 211 cm³/mol. The highest BCUT2D eigenvalue weighted by atomic mass is 16.6. The first-order chi connectivity index (χ1) is 26.6. The summed E-state index contributed by atoms with van der Waals surface area (Å²) in [5.41, 5.74) is -1.97. The third-order valence-electron chi connectivity index (χ3n) is 9.44. The molecule has 2 aromatic rings. The fourth-order valence-electron chi connectivity index (χ4n) is 5.47. The molecule has 2 aromatic heterocycles. The van der Waals surface area contributed by atoms with Crippen molar-refractivity contribution in [2.24, 2.45) is 10.8 Å². The number of esters is 2. The van der Waals surface area contributed by atoms with Gasteiger partial charge in [-0.3, -0.25) is 0 Å². The number of hydrogen-bond acceptors (Lipinski definition) is 13. The van der Waals surface area contributed by atoms with Crippen molar-refractivity contribution in [1.29, 1.82) is 0 Å². The molecule has 0 fully saturated rings. The van der Waals surface area contributed by atoms with Crippen molar-refractivity contribution >= 4 is 18.0 Å². The molecule has 0 saturated carbocycles. The quantitative estimate of drug-likeness (QED) is 0.183. The molecule has 4 bridgehead atoms. The van der Waals surface area contributed by atoms with Crippen LogP contribution in [0.2, 0.25) is 0 Å². The number of hydrogen-bond donors (Lipinski definition) is 4. The molecule has 4 N–H and O–H groups in total. The van der Waals surface area contributed by atoms with Crippen LogP contribution in [0.3, 0.4) is 0 Å². The Bertz CT molecular complexity index is 1790. The van der Waals surface area contributed by atoms with Crippen molar-refractivity contribution < 1.29 is 53.1 Å². The minimum absolute atomic E-state index is 0.0613. The first-order valence-corrected chi connectivity index (χ1v) is 18.5. The minimum atomic E-state index is -1.32. The van der Waals surface area contributed by atoms with E-state index in [1.807, 2.05) is 6.08 Å². The molecule has 7 unspecified atom stereocenters. The van der Waals surface area contributed by atoms with E-state index in [2.05, 4.69) is 9.97 Å². The van der Waals surface area contributed by atoms with Gasteiger partial charge in [-0.15, -0.1) is 0 Å². The second-order valence-electron chi connectivity index (χ2n) is 14.4. The average Bonchev–Trinajstić information content (AvgIpc) is 3.84. The normalized spacial score (nSPS) is 26.3. The molecule has 0 radical (unpaired) electrons. The van der Waals surface area contributed by atoms with E-state index >= 15 is 0 Å². The van der Waals surface area contributed by atoms with Crippen LogP contribution in [0, 0.1) is 10.8 Å². The van der Waals surface area contributed by atoms with E-state index in [1.54, 1.807) is 102 Å². The van der Waals surface area contributed by atoms with Gasteiger partial charge in [0.15, 0.2) is 17.3 Å². The number of fused-ring (bicyclic) bond motifs is 4. The molecule has 3 rings (SSSR count). The second-order valence-corrected chi connectivity index (χ2v) is 14.4. The lowest BCUT2D eigenvalue weighted by atomic mass is 9.79. The molecule has 0 saturated heterocycles. The Morgan fingerprint density at radius 3 is 1.88 bits per heavy atom. The molecular formula is C43H56N2O11. The number of carbonyl (C=O) groups excluding carboxylic acids is 2. The lowest BCUT2D eigenvalue weighted by molar-refractivity contribution is -0.0462. The summed E-state index contributed by atoms with van der Waals surface area (Å²) in [4.78, 5) is 35.0. The number of aliphatic hydroxyl groups is 4. The standard InChI is InChI=1S/C43H56N2O11/c1-8-18-34(48)42(3,4)36-23-14-12-10-11-13-20-29(52-7)26-39-45-31(28-54-39)41(51)56-37(43(5,6)35(49)19-9-2)24-17-22-33(47)32(46)21-15-16-25-38-44-30(27-53-38)40(50)55-36/h8-22,25,27-29,32-37,46-49H,23-24,26H2,1-7H3/b11-10-,14-12-,18-8+,19-9+,20-13?,21-15-,22-17-,25-16?. The van der Waals surface area contributed by atoms with Crippen LogP contribution in [-0.4, -0.2) is 92.2 Å². The van der Waals surface area contributed by atoms with Crippen LogP contribution in [-0.2, 0) is 20.6 Å². The van der Waals surface area contributed by atoms with Gasteiger partial charge in [0.1, 0.15) is 36.9 Å². The highest BCUT2D eigenvalue weighted by molar-refractivity contribution is 5.87.